The van der Waals surface area contributed by atoms with Gasteiger partial charge in [-0.25, -0.2) is 0 Å². The summed E-state index contributed by atoms with van der Waals surface area (Å²) < 4.78 is 10.4. The van der Waals surface area contributed by atoms with E-state index in [1.165, 1.54) is 6.08 Å². The smallest absolute Gasteiger partial charge is 0.303 e. The largest absolute Gasteiger partial charge is 0.481 e. The molecule has 0 radical (unpaired) electrons. The number of aliphatic carboxylic acids is 1. The lowest BCUT2D eigenvalue weighted by Crippen LogP contribution is -2.22. The molecule has 0 spiro atoms. The highest BCUT2D eigenvalue weighted by Gasteiger charge is 2.12. The number of fused-ring (bicyclic) bond motifs is 1. The standard InChI is InChI=1S/C14H15NO5/c16-13(15-7-1-2-14(17)18)6-4-10-3-5-11-12(8-10)20-9-19-11/h3-6,8H,1-2,7,9H2,(H,15,16)(H,17,18)/b6-4+. The number of carboxylic acid groups (broad SMARTS) is 1. The van der Waals surface area contributed by atoms with Crippen molar-refractivity contribution in [1.29, 1.82) is 0 Å². The van der Waals surface area contributed by atoms with Crippen LogP contribution in [0, 0.1) is 0 Å². The van der Waals surface area contributed by atoms with Gasteiger partial charge < -0.3 is 19.9 Å². The van der Waals surface area contributed by atoms with Crippen LogP contribution in [0.4, 0.5) is 0 Å². The second kappa shape index (κ2) is 6.60. The number of nitrogens with one attached hydrogen (secondary N) is 1. The number of benzene rings is 1. The SMILES string of the molecule is O=C(O)CCCNC(=O)/C=C/c1ccc2c(c1)OCO2. The third-order valence-electron chi connectivity index (χ3n) is 2.69. The molecule has 0 atom stereocenters. The zero-order valence-corrected chi connectivity index (χ0v) is 10.8. The predicted molar refractivity (Wildman–Crippen MR) is 71.5 cm³/mol. The van der Waals surface area contributed by atoms with Gasteiger partial charge in [-0.3, -0.25) is 9.59 Å². The zero-order chi connectivity index (χ0) is 14.4. The van der Waals surface area contributed by atoms with Crippen LogP contribution in [0.25, 0.3) is 6.08 Å². The highest BCUT2D eigenvalue weighted by Crippen LogP contribution is 2.32. The number of ether oxygens (including phenoxy) is 2. The minimum Gasteiger partial charge on any atom is -0.481 e. The van der Waals surface area contributed by atoms with Crippen LogP contribution in [-0.4, -0.2) is 30.3 Å². The lowest BCUT2D eigenvalue weighted by molar-refractivity contribution is -0.137. The molecule has 1 aromatic carbocycles. The molecule has 2 N–H and O–H groups in total. The van der Waals surface area contributed by atoms with Crippen molar-refractivity contribution >= 4 is 18.0 Å². The van der Waals surface area contributed by atoms with Gasteiger partial charge in [-0.2, -0.15) is 0 Å². The first-order chi connectivity index (χ1) is 9.65. The summed E-state index contributed by atoms with van der Waals surface area (Å²) in [5, 5.41) is 11.1. The molecule has 106 valence electrons. The fourth-order valence-corrected chi connectivity index (χ4v) is 1.70. The maximum atomic E-state index is 11.5. The molecule has 1 amide bonds. The van der Waals surface area contributed by atoms with Crippen molar-refractivity contribution in [2.45, 2.75) is 12.8 Å². The summed E-state index contributed by atoms with van der Waals surface area (Å²) in [6, 6.07) is 5.39. The Bertz CT molecular complexity index is 538. The fourth-order valence-electron chi connectivity index (χ4n) is 1.70. The lowest BCUT2D eigenvalue weighted by Gasteiger charge is -2.00. The molecule has 1 heterocycles. The first-order valence-electron chi connectivity index (χ1n) is 6.22. The first-order valence-corrected chi connectivity index (χ1v) is 6.22. The van der Waals surface area contributed by atoms with Crippen molar-refractivity contribution in [3.63, 3.8) is 0 Å². The molecule has 0 saturated carbocycles. The van der Waals surface area contributed by atoms with E-state index in [2.05, 4.69) is 5.32 Å². The van der Waals surface area contributed by atoms with Gasteiger partial charge in [0, 0.05) is 19.0 Å². The van der Waals surface area contributed by atoms with Crippen LogP contribution in [0.3, 0.4) is 0 Å². The number of carbonyl (C=O) groups excluding carboxylic acids is 1. The molecule has 0 saturated heterocycles. The molecule has 0 unspecified atom stereocenters. The molecule has 1 aliphatic rings. The third kappa shape index (κ3) is 4.01. The normalized spacial score (nSPS) is 12.6. The molecule has 0 aromatic heterocycles. The Morgan fingerprint density at radius 1 is 1.30 bits per heavy atom. The van der Waals surface area contributed by atoms with Crippen molar-refractivity contribution < 1.29 is 24.2 Å². The van der Waals surface area contributed by atoms with E-state index in [0.717, 1.165) is 5.56 Å². The van der Waals surface area contributed by atoms with Gasteiger partial charge in [-0.05, 0) is 30.2 Å². The average molecular weight is 277 g/mol. The Labute approximate surface area is 116 Å². The topological polar surface area (TPSA) is 84.9 Å². The van der Waals surface area contributed by atoms with Crippen LogP contribution in [0.2, 0.25) is 0 Å². The van der Waals surface area contributed by atoms with Gasteiger partial charge in [0.15, 0.2) is 11.5 Å². The van der Waals surface area contributed by atoms with E-state index < -0.39 is 5.97 Å². The molecule has 6 heteroatoms. The van der Waals surface area contributed by atoms with Crippen LogP contribution in [-0.2, 0) is 9.59 Å². The van der Waals surface area contributed by atoms with E-state index in [1.807, 2.05) is 6.07 Å². The average Bonchev–Trinajstić information content (AvgIpc) is 2.88. The second-order valence-electron chi connectivity index (χ2n) is 4.23. The molecule has 0 aliphatic carbocycles. The van der Waals surface area contributed by atoms with Crippen LogP contribution >= 0.6 is 0 Å². The van der Waals surface area contributed by atoms with Crippen LogP contribution in [0.15, 0.2) is 24.3 Å². The first kappa shape index (κ1) is 13.9. The summed E-state index contributed by atoms with van der Waals surface area (Å²) in [5.41, 5.74) is 0.829. The Morgan fingerprint density at radius 2 is 2.10 bits per heavy atom. The van der Waals surface area contributed by atoms with Gasteiger partial charge in [0.1, 0.15) is 0 Å². The third-order valence-corrected chi connectivity index (χ3v) is 2.69. The molecule has 1 aromatic rings. The van der Waals surface area contributed by atoms with Gasteiger partial charge in [-0.1, -0.05) is 6.07 Å². The van der Waals surface area contributed by atoms with Crippen LogP contribution in [0.5, 0.6) is 11.5 Å². The highest BCUT2D eigenvalue weighted by molar-refractivity contribution is 5.91. The summed E-state index contributed by atoms with van der Waals surface area (Å²) in [7, 11) is 0. The van der Waals surface area contributed by atoms with E-state index in [-0.39, 0.29) is 19.1 Å². The minimum absolute atomic E-state index is 0.0478. The summed E-state index contributed by atoms with van der Waals surface area (Å²) in [6.07, 6.45) is 3.53. The quantitative estimate of drug-likeness (QED) is 0.606. The van der Waals surface area contributed by atoms with Crippen molar-refractivity contribution in [1.82, 2.24) is 5.32 Å². The molecule has 2 rings (SSSR count). The number of hydrogen-bond acceptors (Lipinski definition) is 4. The highest BCUT2D eigenvalue weighted by atomic mass is 16.7. The minimum atomic E-state index is -0.866. The molecular weight excluding hydrogens is 262 g/mol. The van der Waals surface area contributed by atoms with E-state index in [0.29, 0.717) is 24.5 Å². The van der Waals surface area contributed by atoms with E-state index in [4.69, 9.17) is 14.6 Å². The Morgan fingerprint density at radius 3 is 2.90 bits per heavy atom. The molecule has 20 heavy (non-hydrogen) atoms. The zero-order valence-electron chi connectivity index (χ0n) is 10.8. The molecular formula is C14H15NO5. The van der Waals surface area contributed by atoms with Crippen molar-refractivity contribution in [2.75, 3.05) is 13.3 Å². The number of hydrogen-bond donors (Lipinski definition) is 2. The number of carboxylic acids is 1. The van der Waals surface area contributed by atoms with Gasteiger partial charge in [-0.15, -0.1) is 0 Å². The molecule has 0 bridgehead atoms. The predicted octanol–water partition coefficient (Wildman–Crippen LogP) is 1.41. The monoisotopic (exact) mass is 277 g/mol. The Kier molecular flexibility index (Phi) is 4.60. The molecule has 1 aliphatic heterocycles. The molecule has 6 nitrogen and oxygen atoms in total. The summed E-state index contributed by atoms with van der Waals surface area (Å²) >= 11 is 0. The summed E-state index contributed by atoms with van der Waals surface area (Å²) in [5.74, 6) is 0.234. The van der Waals surface area contributed by atoms with Gasteiger partial charge >= 0.3 is 5.97 Å². The van der Waals surface area contributed by atoms with Gasteiger partial charge in [0.2, 0.25) is 12.7 Å². The maximum absolute atomic E-state index is 11.5. The van der Waals surface area contributed by atoms with Crippen molar-refractivity contribution in [3.8, 4) is 11.5 Å². The van der Waals surface area contributed by atoms with Gasteiger partial charge in [0.05, 0.1) is 0 Å². The van der Waals surface area contributed by atoms with E-state index in [9.17, 15) is 9.59 Å². The molecule has 0 fully saturated rings. The van der Waals surface area contributed by atoms with Crippen molar-refractivity contribution in [2.24, 2.45) is 0 Å². The lowest BCUT2D eigenvalue weighted by atomic mass is 10.2. The Balaban J connectivity index is 1.80. The second-order valence-corrected chi connectivity index (χ2v) is 4.23. The van der Waals surface area contributed by atoms with E-state index in [1.54, 1.807) is 18.2 Å². The van der Waals surface area contributed by atoms with Crippen LogP contribution in [0.1, 0.15) is 18.4 Å². The fraction of sp³-hybridized carbons (Fsp3) is 0.286. The van der Waals surface area contributed by atoms with Crippen molar-refractivity contribution in [3.05, 3.63) is 29.8 Å². The maximum Gasteiger partial charge on any atom is 0.303 e. The summed E-state index contributed by atoms with van der Waals surface area (Å²) in [4.78, 5) is 21.8. The van der Waals surface area contributed by atoms with Crippen LogP contribution < -0.4 is 14.8 Å². The van der Waals surface area contributed by atoms with Gasteiger partial charge in [0.25, 0.3) is 0 Å². The number of amides is 1. The number of carbonyl (C=O) groups is 2. The van der Waals surface area contributed by atoms with E-state index >= 15 is 0 Å². The number of rotatable bonds is 6. The Hall–Kier alpha value is -2.50. The summed E-state index contributed by atoms with van der Waals surface area (Å²) in [6.45, 7) is 0.559.